The number of thiocarbonyl (C=S) groups is 1. The minimum absolute atomic E-state index is 0.0228. The zero-order valence-electron chi connectivity index (χ0n) is 11.6. The molecule has 0 aliphatic carbocycles. The van der Waals surface area contributed by atoms with Crippen LogP contribution in [0, 0.1) is 6.92 Å². The van der Waals surface area contributed by atoms with Gasteiger partial charge in [-0.3, -0.25) is 0 Å². The summed E-state index contributed by atoms with van der Waals surface area (Å²) < 4.78 is 51.2. The van der Waals surface area contributed by atoms with Gasteiger partial charge in [0.2, 0.25) is 20.0 Å². The summed E-state index contributed by atoms with van der Waals surface area (Å²) in [5.41, 5.74) is 6.42. The van der Waals surface area contributed by atoms with E-state index in [4.69, 9.17) is 18.0 Å². The Morgan fingerprint density at radius 3 is 2.43 bits per heavy atom. The average Bonchev–Trinajstić information content (AvgIpc) is 2.38. The SMILES string of the molecule is CNS(=O)(=O)CCNS(=O)(=O)c1cc(C(N)=S)ccc1C. The number of nitrogens with one attached hydrogen (secondary N) is 2. The van der Waals surface area contributed by atoms with Crippen molar-refractivity contribution < 1.29 is 16.8 Å². The average molecular weight is 351 g/mol. The molecule has 0 radical (unpaired) electrons. The molecule has 1 aromatic carbocycles. The molecule has 21 heavy (non-hydrogen) atoms. The molecule has 0 amide bonds. The zero-order chi connectivity index (χ0) is 16.3. The number of hydrogen-bond acceptors (Lipinski definition) is 5. The Morgan fingerprint density at radius 1 is 1.29 bits per heavy atom. The van der Waals surface area contributed by atoms with E-state index < -0.39 is 20.0 Å². The fourth-order valence-electron chi connectivity index (χ4n) is 1.53. The van der Waals surface area contributed by atoms with Gasteiger partial charge in [-0.1, -0.05) is 24.4 Å². The third-order valence-corrected chi connectivity index (χ3v) is 5.94. The Kier molecular flexibility index (Phi) is 5.82. The monoisotopic (exact) mass is 351 g/mol. The molecular weight excluding hydrogens is 334 g/mol. The number of benzene rings is 1. The van der Waals surface area contributed by atoms with Crippen molar-refractivity contribution in [2.24, 2.45) is 5.73 Å². The van der Waals surface area contributed by atoms with E-state index in [2.05, 4.69) is 9.44 Å². The minimum atomic E-state index is -3.84. The second kappa shape index (κ2) is 6.79. The Balaban J connectivity index is 2.98. The molecule has 0 atom stereocenters. The molecule has 118 valence electrons. The van der Waals surface area contributed by atoms with Crippen LogP contribution in [-0.4, -0.2) is 41.2 Å². The van der Waals surface area contributed by atoms with Crippen molar-refractivity contribution in [3.05, 3.63) is 29.3 Å². The Labute approximate surface area is 130 Å². The van der Waals surface area contributed by atoms with Gasteiger partial charge in [0.05, 0.1) is 10.6 Å². The van der Waals surface area contributed by atoms with Gasteiger partial charge in [0.15, 0.2) is 0 Å². The molecule has 7 nitrogen and oxygen atoms in total. The van der Waals surface area contributed by atoms with Crippen LogP contribution >= 0.6 is 12.2 Å². The summed E-state index contributed by atoms with van der Waals surface area (Å²) in [7, 11) is -6.05. The van der Waals surface area contributed by atoms with E-state index in [0.717, 1.165) is 0 Å². The molecule has 0 aliphatic heterocycles. The Bertz CT molecular complexity index is 742. The van der Waals surface area contributed by atoms with Crippen molar-refractivity contribution >= 4 is 37.3 Å². The number of rotatable bonds is 7. The molecule has 0 spiro atoms. The van der Waals surface area contributed by atoms with Crippen LogP contribution in [0.25, 0.3) is 0 Å². The van der Waals surface area contributed by atoms with Crippen molar-refractivity contribution in [2.45, 2.75) is 11.8 Å². The molecule has 0 saturated heterocycles. The zero-order valence-corrected chi connectivity index (χ0v) is 14.0. The number of aryl methyl sites for hydroxylation is 1. The first-order valence-electron chi connectivity index (χ1n) is 5.90. The van der Waals surface area contributed by atoms with E-state index in [1.54, 1.807) is 19.1 Å². The van der Waals surface area contributed by atoms with Gasteiger partial charge in [-0.05, 0) is 25.6 Å². The van der Waals surface area contributed by atoms with E-state index >= 15 is 0 Å². The van der Waals surface area contributed by atoms with E-state index in [1.807, 2.05) is 0 Å². The second-order valence-corrected chi connectivity index (χ2v) is 8.49. The van der Waals surface area contributed by atoms with Gasteiger partial charge in [0.25, 0.3) is 0 Å². The second-order valence-electron chi connectivity index (χ2n) is 4.27. The topological polar surface area (TPSA) is 118 Å². The maximum Gasteiger partial charge on any atom is 0.240 e. The third kappa shape index (κ3) is 5.00. The lowest BCUT2D eigenvalue weighted by Gasteiger charge is -2.11. The molecule has 0 fully saturated rings. The first-order chi connectivity index (χ1) is 9.59. The summed E-state index contributed by atoms with van der Waals surface area (Å²) in [4.78, 5) is 0.110. The largest absolute Gasteiger partial charge is 0.389 e. The smallest absolute Gasteiger partial charge is 0.240 e. The lowest BCUT2D eigenvalue weighted by Crippen LogP contribution is -2.33. The van der Waals surface area contributed by atoms with Crippen LogP contribution in [0.1, 0.15) is 11.1 Å². The Hall–Kier alpha value is -1.07. The number of nitrogens with two attached hydrogens (primary N) is 1. The summed E-state index contributed by atoms with van der Waals surface area (Å²) >= 11 is 4.81. The first kappa shape index (κ1) is 18.0. The molecule has 0 heterocycles. The van der Waals surface area contributed by atoms with E-state index in [1.165, 1.54) is 13.1 Å². The highest BCUT2D eigenvalue weighted by molar-refractivity contribution is 7.90. The summed E-state index contributed by atoms with van der Waals surface area (Å²) in [5.74, 6) is -0.350. The number of sulfonamides is 2. The number of hydrogen-bond donors (Lipinski definition) is 3. The standard InChI is InChI=1S/C11H17N3O4S3/c1-8-3-4-9(11(12)19)7-10(8)21(17,18)14-5-6-20(15,16)13-2/h3-4,7,13-14H,5-6H2,1-2H3,(H2,12,19). The fourth-order valence-corrected chi connectivity index (χ4v) is 3.66. The summed E-state index contributed by atoms with van der Waals surface area (Å²) in [6.45, 7) is 1.39. The highest BCUT2D eigenvalue weighted by Crippen LogP contribution is 2.17. The minimum Gasteiger partial charge on any atom is -0.389 e. The molecule has 1 aromatic rings. The van der Waals surface area contributed by atoms with Crippen molar-refractivity contribution in [3.8, 4) is 0 Å². The van der Waals surface area contributed by atoms with Crippen LogP contribution < -0.4 is 15.2 Å². The summed E-state index contributed by atoms with van der Waals surface area (Å²) in [6.07, 6.45) is 0. The van der Waals surface area contributed by atoms with Gasteiger partial charge in [0.1, 0.15) is 4.99 Å². The van der Waals surface area contributed by atoms with Gasteiger partial charge >= 0.3 is 0 Å². The van der Waals surface area contributed by atoms with Crippen molar-refractivity contribution in [3.63, 3.8) is 0 Å². The van der Waals surface area contributed by atoms with Gasteiger partial charge in [-0.25, -0.2) is 26.3 Å². The van der Waals surface area contributed by atoms with Gasteiger partial charge in [-0.2, -0.15) is 0 Å². The van der Waals surface area contributed by atoms with Crippen LogP contribution in [0.15, 0.2) is 23.1 Å². The van der Waals surface area contributed by atoms with Crippen molar-refractivity contribution in [1.82, 2.24) is 9.44 Å². The molecule has 0 saturated carbocycles. The summed E-state index contributed by atoms with van der Waals surface area (Å²) in [6, 6.07) is 4.59. The van der Waals surface area contributed by atoms with E-state index in [0.29, 0.717) is 11.1 Å². The van der Waals surface area contributed by atoms with Crippen LogP contribution in [0.2, 0.25) is 0 Å². The van der Waals surface area contributed by atoms with Crippen LogP contribution in [0.3, 0.4) is 0 Å². The maximum absolute atomic E-state index is 12.2. The molecule has 0 bridgehead atoms. The van der Waals surface area contributed by atoms with Crippen molar-refractivity contribution in [2.75, 3.05) is 19.3 Å². The highest BCUT2D eigenvalue weighted by atomic mass is 32.2. The third-order valence-electron chi connectivity index (χ3n) is 2.74. The first-order valence-corrected chi connectivity index (χ1v) is 9.45. The predicted molar refractivity (Wildman–Crippen MR) is 85.1 cm³/mol. The van der Waals surface area contributed by atoms with E-state index in [9.17, 15) is 16.8 Å². The molecule has 0 aliphatic rings. The van der Waals surface area contributed by atoms with E-state index in [-0.39, 0.29) is 22.2 Å². The van der Waals surface area contributed by atoms with Crippen LogP contribution in [-0.2, 0) is 20.0 Å². The Morgan fingerprint density at radius 2 is 1.90 bits per heavy atom. The van der Waals surface area contributed by atoms with Crippen molar-refractivity contribution in [1.29, 1.82) is 0 Å². The molecule has 10 heteroatoms. The molecule has 0 aromatic heterocycles. The predicted octanol–water partition coefficient (Wildman–Crippen LogP) is -0.543. The van der Waals surface area contributed by atoms with Gasteiger partial charge in [-0.15, -0.1) is 0 Å². The highest BCUT2D eigenvalue weighted by Gasteiger charge is 2.18. The molecule has 4 N–H and O–H groups in total. The maximum atomic E-state index is 12.2. The fraction of sp³-hybridized carbons (Fsp3) is 0.364. The van der Waals surface area contributed by atoms with Gasteiger partial charge < -0.3 is 5.73 Å². The molecular formula is C11H17N3O4S3. The summed E-state index contributed by atoms with van der Waals surface area (Å²) in [5, 5.41) is 0. The van der Waals surface area contributed by atoms with Gasteiger partial charge in [0, 0.05) is 12.1 Å². The van der Waals surface area contributed by atoms with Crippen LogP contribution in [0.4, 0.5) is 0 Å². The molecule has 0 unspecified atom stereocenters. The quantitative estimate of drug-likeness (QED) is 0.568. The lowest BCUT2D eigenvalue weighted by molar-refractivity contribution is 0.578. The normalized spacial score (nSPS) is 12.3. The lowest BCUT2D eigenvalue weighted by atomic mass is 10.1. The molecule has 1 rings (SSSR count). The van der Waals surface area contributed by atoms with Crippen LogP contribution in [0.5, 0.6) is 0 Å².